The van der Waals surface area contributed by atoms with Crippen molar-refractivity contribution >= 4 is 29.3 Å². The third-order valence-corrected chi connectivity index (χ3v) is 7.38. The van der Waals surface area contributed by atoms with Crippen LogP contribution in [0.1, 0.15) is 44.2 Å². The molecule has 1 atom stereocenters. The second-order valence-electron chi connectivity index (χ2n) is 8.24. The normalized spacial score (nSPS) is 14.9. The molecule has 33 heavy (non-hydrogen) atoms. The van der Waals surface area contributed by atoms with Crippen molar-refractivity contribution in [1.82, 2.24) is 20.1 Å². The quantitative estimate of drug-likeness (QED) is 0.402. The Morgan fingerprint density at radius 1 is 1.18 bits per heavy atom. The van der Waals surface area contributed by atoms with Gasteiger partial charge in [-0.1, -0.05) is 60.5 Å². The number of hydrogen-bond donors (Lipinski definition) is 1. The first-order valence-electron chi connectivity index (χ1n) is 11.3. The van der Waals surface area contributed by atoms with E-state index >= 15 is 0 Å². The van der Waals surface area contributed by atoms with Crippen molar-refractivity contribution in [2.75, 3.05) is 13.7 Å². The lowest BCUT2D eigenvalue weighted by atomic mass is 10.1. The Balaban J connectivity index is 1.43. The summed E-state index contributed by atoms with van der Waals surface area (Å²) in [5.41, 5.74) is 2.03. The molecule has 3 aromatic rings. The highest BCUT2D eigenvalue weighted by Crippen LogP contribution is 2.38. The van der Waals surface area contributed by atoms with E-state index in [0.717, 1.165) is 47.1 Å². The van der Waals surface area contributed by atoms with Crippen LogP contribution in [-0.4, -0.2) is 39.6 Å². The van der Waals surface area contributed by atoms with E-state index in [4.69, 9.17) is 16.3 Å². The number of aromatic nitrogens is 3. The number of hydrogen-bond acceptors (Lipinski definition) is 5. The molecule has 0 spiro atoms. The van der Waals surface area contributed by atoms with Crippen LogP contribution < -0.4 is 10.1 Å². The molecule has 1 N–H and O–H groups in total. The highest BCUT2D eigenvalue weighted by atomic mass is 35.5. The van der Waals surface area contributed by atoms with Crippen molar-refractivity contribution < 1.29 is 9.53 Å². The molecule has 1 heterocycles. The number of carbonyl (C=O) groups excluding carboxylic acids is 1. The molecule has 1 aliphatic rings. The topological polar surface area (TPSA) is 69.0 Å². The molecule has 1 aliphatic carbocycles. The number of rotatable bonds is 9. The lowest BCUT2D eigenvalue weighted by Gasteiger charge is -2.19. The molecule has 1 fully saturated rings. The lowest BCUT2D eigenvalue weighted by Crippen LogP contribution is -2.32. The fraction of sp³-hybridized carbons (Fsp3) is 0.400. The average molecular weight is 485 g/mol. The standard InChI is InChI=1S/C25H29ClN4O2S/c1-17(24(31)27-16-15-18-11-13-20(32-2)14-12-18)33-25-29-28-23(21-9-5-6-10-22(21)26)30(25)19-7-3-4-8-19/h5-6,9-14,17,19H,3-4,7-8,15-16H2,1-2H3,(H,27,31). The zero-order valence-electron chi connectivity index (χ0n) is 19.0. The summed E-state index contributed by atoms with van der Waals surface area (Å²) < 4.78 is 7.38. The van der Waals surface area contributed by atoms with E-state index < -0.39 is 0 Å². The van der Waals surface area contributed by atoms with Crippen LogP contribution in [0.2, 0.25) is 5.02 Å². The molecular weight excluding hydrogens is 456 g/mol. The van der Waals surface area contributed by atoms with Gasteiger partial charge < -0.3 is 10.1 Å². The number of nitrogens with one attached hydrogen (secondary N) is 1. The summed E-state index contributed by atoms with van der Waals surface area (Å²) in [4.78, 5) is 12.8. The largest absolute Gasteiger partial charge is 0.497 e. The molecule has 1 saturated carbocycles. The summed E-state index contributed by atoms with van der Waals surface area (Å²) in [5, 5.41) is 13.1. The van der Waals surface area contributed by atoms with Crippen LogP contribution in [0.5, 0.6) is 5.75 Å². The van der Waals surface area contributed by atoms with Crippen molar-refractivity contribution in [3.8, 4) is 17.1 Å². The Morgan fingerprint density at radius 2 is 1.91 bits per heavy atom. The van der Waals surface area contributed by atoms with Crippen LogP contribution in [0.3, 0.4) is 0 Å². The number of benzene rings is 2. The maximum absolute atomic E-state index is 12.8. The van der Waals surface area contributed by atoms with Gasteiger partial charge in [-0.05, 0) is 56.0 Å². The highest BCUT2D eigenvalue weighted by molar-refractivity contribution is 8.00. The monoisotopic (exact) mass is 484 g/mol. The van der Waals surface area contributed by atoms with E-state index in [1.807, 2.05) is 55.5 Å². The zero-order valence-corrected chi connectivity index (χ0v) is 20.5. The molecule has 4 rings (SSSR count). The number of carbonyl (C=O) groups is 1. The van der Waals surface area contributed by atoms with Crippen molar-refractivity contribution in [1.29, 1.82) is 0 Å². The molecule has 174 valence electrons. The van der Waals surface area contributed by atoms with Gasteiger partial charge in [-0.3, -0.25) is 9.36 Å². The second-order valence-corrected chi connectivity index (χ2v) is 9.96. The molecule has 1 aromatic heterocycles. The van der Waals surface area contributed by atoms with Gasteiger partial charge in [0.25, 0.3) is 0 Å². The van der Waals surface area contributed by atoms with E-state index in [2.05, 4.69) is 20.1 Å². The van der Waals surface area contributed by atoms with Crippen molar-refractivity contribution in [2.24, 2.45) is 0 Å². The molecule has 2 aromatic carbocycles. The van der Waals surface area contributed by atoms with Gasteiger partial charge in [0, 0.05) is 18.2 Å². The summed E-state index contributed by atoms with van der Waals surface area (Å²) in [6.07, 6.45) is 5.33. The zero-order chi connectivity index (χ0) is 23.2. The number of amides is 1. The summed E-state index contributed by atoms with van der Waals surface area (Å²) in [5.74, 6) is 1.60. The second kappa shape index (κ2) is 11.1. The smallest absolute Gasteiger partial charge is 0.233 e. The molecule has 0 radical (unpaired) electrons. The Kier molecular flexibility index (Phi) is 7.93. The molecule has 6 nitrogen and oxygen atoms in total. The fourth-order valence-corrected chi connectivity index (χ4v) is 5.32. The molecule has 1 amide bonds. The summed E-state index contributed by atoms with van der Waals surface area (Å²) in [7, 11) is 1.65. The molecule has 0 aliphatic heterocycles. The molecular formula is C25H29ClN4O2S. The number of thioether (sulfide) groups is 1. The van der Waals surface area contributed by atoms with Crippen LogP contribution in [0, 0.1) is 0 Å². The van der Waals surface area contributed by atoms with Gasteiger partial charge >= 0.3 is 0 Å². The van der Waals surface area contributed by atoms with Gasteiger partial charge in [-0.2, -0.15) is 0 Å². The number of ether oxygens (including phenoxy) is 1. The number of nitrogens with zero attached hydrogens (tertiary/aromatic N) is 3. The van der Waals surface area contributed by atoms with Crippen LogP contribution >= 0.6 is 23.4 Å². The van der Waals surface area contributed by atoms with E-state index in [9.17, 15) is 4.79 Å². The summed E-state index contributed by atoms with van der Waals surface area (Å²) in [6.45, 7) is 2.49. The first kappa shape index (κ1) is 23.6. The fourth-order valence-electron chi connectivity index (χ4n) is 4.15. The van der Waals surface area contributed by atoms with Gasteiger partial charge in [0.05, 0.1) is 17.4 Å². The first-order valence-corrected chi connectivity index (χ1v) is 12.6. The van der Waals surface area contributed by atoms with Crippen molar-refractivity contribution in [3.05, 3.63) is 59.1 Å². The third-order valence-electron chi connectivity index (χ3n) is 5.99. The number of methoxy groups -OCH3 is 1. The molecule has 8 heteroatoms. The van der Waals surface area contributed by atoms with Crippen LogP contribution in [-0.2, 0) is 11.2 Å². The van der Waals surface area contributed by atoms with Gasteiger partial charge in [0.15, 0.2) is 11.0 Å². The third kappa shape index (κ3) is 5.71. The highest BCUT2D eigenvalue weighted by Gasteiger charge is 2.27. The minimum absolute atomic E-state index is 0.00576. The number of halogens is 1. The van der Waals surface area contributed by atoms with Crippen LogP contribution in [0.25, 0.3) is 11.4 Å². The van der Waals surface area contributed by atoms with Crippen molar-refractivity contribution in [3.63, 3.8) is 0 Å². The minimum Gasteiger partial charge on any atom is -0.497 e. The first-order chi connectivity index (χ1) is 16.1. The SMILES string of the molecule is COc1ccc(CCNC(=O)C(C)Sc2nnc(-c3ccccc3Cl)n2C2CCCC2)cc1. The Labute approximate surface area is 204 Å². The average Bonchev–Trinajstić information content (AvgIpc) is 3.49. The van der Waals surface area contributed by atoms with E-state index in [1.54, 1.807) is 7.11 Å². The van der Waals surface area contributed by atoms with Crippen molar-refractivity contribution in [2.45, 2.75) is 55.5 Å². The van der Waals surface area contributed by atoms with Gasteiger partial charge in [-0.25, -0.2) is 0 Å². The van der Waals surface area contributed by atoms with Gasteiger partial charge in [0.2, 0.25) is 5.91 Å². The van der Waals surface area contributed by atoms with E-state index in [0.29, 0.717) is 17.6 Å². The van der Waals surface area contributed by atoms with Crippen LogP contribution in [0.15, 0.2) is 53.7 Å². The Morgan fingerprint density at radius 3 is 2.61 bits per heavy atom. The molecule has 0 bridgehead atoms. The molecule has 0 saturated heterocycles. The Hall–Kier alpha value is -2.51. The van der Waals surface area contributed by atoms with Crippen LogP contribution in [0.4, 0.5) is 0 Å². The summed E-state index contributed by atoms with van der Waals surface area (Å²) >= 11 is 7.92. The van der Waals surface area contributed by atoms with Gasteiger partial charge in [-0.15, -0.1) is 10.2 Å². The summed E-state index contributed by atoms with van der Waals surface area (Å²) in [6, 6.07) is 15.9. The van der Waals surface area contributed by atoms with Gasteiger partial charge in [0.1, 0.15) is 5.75 Å². The maximum Gasteiger partial charge on any atom is 0.233 e. The van der Waals surface area contributed by atoms with E-state index in [1.165, 1.54) is 24.6 Å². The predicted molar refractivity (Wildman–Crippen MR) is 133 cm³/mol. The molecule has 1 unspecified atom stereocenters. The minimum atomic E-state index is -0.288. The maximum atomic E-state index is 12.8. The predicted octanol–water partition coefficient (Wildman–Crippen LogP) is 5.56. The lowest BCUT2D eigenvalue weighted by molar-refractivity contribution is -0.120. The van der Waals surface area contributed by atoms with E-state index in [-0.39, 0.29) is 11.2 Å². The Bertz CT molecular complexity index is 1080.